The first-order chi connectivity index (χ1) is 9.08. The maximum absolute atomic E-state index is 12.0. The van der Waals surface area contributed by atoms with Crippen LogP contribution in [0.25, 0.3) is 0 Å². The molecule has 1 heterocycles. The first kappa shape index (κ1) is 13.7. The Balaban J connectivity index is 2.17. The molecule has 1 aromatic carbocycles. The van der Waals surface area contributed by atoms with Crippen molar-refractivity contribution in [2.24, 2.45) is 5.73 Å². The van der Waals surface area contributed by atoms with E-state index in [9.17, 15) is 4.79 Å². The molecule has 5 heteroatoms. The van der Waals surface area contributed by atoms with Crippen LogP contribution in [-0.4, -0.2) is 10.9 Å². The molecule has 0 aliphatic carbocycles. The van der Waals surface area contributed by atoms with Crippen LogP contribution in [0.2, 0.25) is 0 Å². The first-order valence-electron chi connectivity index (χ1n) is 5.78. The van der Waals surface area contributed by atoms with Crippen LogP contribution in [0.3, 0.4) is 0 Å². The Hall–Kier alpha value is -1.72. The van der Waals surface area contributed by atoms with Crippen molar-refractivity contribution in [2.75, 3.05) is 5.32 Å². The minimum absolute atomic E-state index is 0.0681. The fraction of sp³-hybridized carbons (Fsp3) is 0.143. The van der Waals surface area contributed by atoms with Crippen molar-refractivity contribution in [3.63, 3.8) is 0 Å². The molecule has 0 saturated carbocycles. The van der Waals surface area contributed by atoms with E-state index in [0.29, 0.717) is 17.1 Å². The fourth-order valence-corrected chi connectivity index (χ4v) is 2.81. The Morgan fingerprint density at radius 3 is 2.84 bits per heavy atom. The highest BCUT2D eigenvalue weighted by Crippen LogP contribution is 2.20. The van der Waals surface area contributed by atoms with E-state index >= 15 is 0 Å². The Kier molecular flexibility index (Phi) is 4.29. The lowest BCUT2D eigenvalue weighted by Gasteiger charge is -2.12. The third kappa shape index (κ3) is 3.39. The number of thiophene rings is 1. The van der Waals surface area contributed by atoms with Gasteiger partial charge in [-0.05, 0) is 40.9 Å². The second-order valence-corrected chi connectivity index (χ2v) is 5.44. The average molecular weight is 290 g/mol. The molecule has 0 fully saturated rings. The Labute approximate surface area is 121 Å². The Morgan fingerprint density at radius 2 is 2.21 bits per heavy atom. The molecule has 0 saturated heterocycles. The Bertz CT molecular complexity index is 606. The smallest absolute Gasteiger partial charge is 0.228 e. The van der Waals surface area contributed by atoms with Crippen molar-refractivity contribution in [3.8, 4) is 0 Å². The van der Waals surface area contributed by atoms with Gasteiger partial charge in [-0.2, -0.15) is 11.3 Å². The topological polar surface area (TPSA) is 55.1 Å². The number of amides is 1. The van der Waals surface area contributed by atoms with Crippen LogP contribution in [0.5, 0.6) is 0 Å². The highest BCUT2D eigenvalue weighted by Gasteiger charge is 2.11. The molecule has 0 radical (unpaired) electrons. The molecule has 0 aliphatic heterocycles. The standard InChI is InChI=1S/C14H14N2OS2/c1-9-3-2-4-11(13(9)14(15)18)16-12(17)7-10-5-6-19-8-10/h2-6,8H,7H2,1H3,(H2,15,18)(H,16,17). The van der Waals surface area contributed by atoms with Gasteiger partial charge in [0.25, 0.3) is 0 Å². The van der Waals surface area contributed by atoms with Gasteiger partial charge < -0.3 is 11.1 Å². The van der Waals surface area contributed by atoms with Gasteiger partial charge in [0, 0.05) is 5.56 Å². The number of carbonyl (C=O) groups excluding carboxylic acids is 1. The molecule has 0 bridgehead atoms. The molecule has 1 aromatic heterocycles. The van der Waals surface area contributed by atoms with Gasteiger partial charge in [0.2, 0.25) is 5.91 Å². The largest absolute Gasteiger partial charge is 0.389 e. The van der Waals surface area contributed by atoms with E-state index < -0.39 is 0 Å². The lowest BCUT2D eigenvalue weighted by molar-refractivity contribution is -0.115. The number of hydrogen-bond acceptors (Lipinski definition) is 3. The predicted molar refractivity (Wildman–Crippen MR) is 83.7 cm³/mol. The molecule has 19 heavy (non-hydrogen) atoms. The molecule has 0 aliphatic rings. The van der Waals surface area contributed by atoms with Crippen LogP contribution in [0.1, 0.15) is 16.7 Å². The van der Waals surface area contributed by atoms with Gasteiger partial charge >= 0.3 is 0 Å². The molecule has 1 amide bonds. The molecule has 0 unspecified atom stereocenters. The summed E-state index contributed by atoms with van der Waals surface area (Å²) in [5, 5.41) is 6.79. The summed E-state index contributed by atoms with van der Waals surface area (Å²) >= 11 is 6.61. The van der Waals surface area contributed by atoms with E-state index in [1.807, 2.05) is 41.9 Å². The molecule has 3 nitrogen and oxygen atoms in total. The maximum atomic E-state index is 12.0. The number of nitrogens with one attached hydrogen (secondary N) is 1. The molecule has 2 aromatic rings. The second kappa shape index (κ2) is 5.95. The summed E-state index contributed by atoms with van der Waals surface area (Å²) in [6.07, 6.45) is 0.355. The van der Waals surface area contributed by atoms with Gasteiger partial charge in [-0.25, -0.2) is 0 Å². The van der Waals surface area contributed by atoms with E-state index in [2.05, 4.69) is 5.32 Å². The third-order valence-electron chi connectivity index (χ3n) is 2.74. The zero-order valence-electron chi connectivity index (χ0n) is 10.5. The third-order valence-corrected chi connectivity index (χ3v) is 3.67. The molecular formula is C14H14N2OS2. The van der Waals surface area contributed by atoms with Crippen LogP contribution in [-0.2, 0) is 11.2 Å². The number of nitrogens with two attached hydrogens (primary N) is 1. The summed E-state index contributed by atoms with van der Waals surface area (Å²) in [7, 11) is 0. The van der Waals surface area contributed by atoms with Crippen LogP contribution < -0.4 is 11.1 Å². The van der Waals surface area contributed by atoms with E-state index in [1.54, 1.807) is 11.3 Å². The summed E-state index contributed by atoms with van der Waals surface area (Å²) in [6, 6.07) is 7.54. The van der Waals surface area contributed by atoms with E-state index in [-0.39, 0.29) is 5.91 Å². The first-order valence-corrected chi connectivity index (χ1v) is 7.13. The van der Waals surface area contributed by atoms with Crippen molar-refractivity contribution >= 4 is 40.1 Å². The van der Waals surface area contributed by atoms with E-state index in [4.69, 9.17) is 18.0 Å². The number of rotatable bonds is 4. The number of anilines is 1. The van der Waals surface area contributed by atoms with Gasteiger partial charge in [-0.1, -0.05) is 24.4 Å². The lowest BCUT2D eigenvalue weighted by atomic mass is 10.1. The predicted octanol–water partition coefficient (Wildman–Crippen LogP) is 2.87. The highest BCUT2D eigenvalue weighted by atomic mass is 32.1. The molecule has 0 spiro atoms. The van der Waals surface area contributed by atoms with Crippen molar-refractivity contribution in [2.45, 2.75) is 13.3 Å². The van der Waals surface area contributed by atoms with Crippen molar-refractivity contribution in [1.82, 2.24) is 0 Å². The van der Waals surface area contributed by atoms with Gasteiger partial charge in [0.1, 0.15) is 4.99 Å². The molecular weight excluding hydrogens is 276 g/mol. The fourth-order valence-electron chi connectivity index (χ4n) is 1.87. The summed E-state index contributed by atoms with van der Waals surface area (Å²) < 4.78 is 0. The summed E-state index contributed by atoms with van der Waals surface area (Å²) in [4.78, 5) is 12.3. The van der Waals surface area contributed by atoms with Gasteiger partial charge in [0.15, 0.2) is 0 Å². The quantitative estimate of drug-likeness (QED) is 0.851. The lowest BCUT2D eigenvalue weighted by Crippen LogP contribution is -2.19. The van der Waals surface area contributed by atoms with Crippen molar-refractivity contribution in [3.05, 3.63) is 51.7 Å². The van der Waals surface area contributed by atoms with Crippen molar-refractivity contribution in [1.29, 1.82) is 0 Å². The monoisotopic (exact) mass is 290 g/mol. The summed E-state index contributed by atoms with van der Waals surface area (Å²) in [5.74, 6) is -0.0681. The van der Waals surface area contributed by atoms with Crippen LogP contribution in [0.4, 0.5) is 5.69 Å². The second-order valence-electron chi connectivity index (χ2n) is 4.22. The van der Waals surface area contributed by atoms with Gasteiger partial charge in [-0.15, -0.1) is 0 Å². The molecule has 0 atom stereocenters. The average Bonchev–Trinajstić information content (AvgIpc) is 2.81. The van der Waals surface area contributed by atoms with Crippen molar-refractivity contribution < 1.29 is 4.79 Å². The van der Waals surface area contributed by atoms with Gasteiger partial charge in [-0.3, -0.25) is 4.79 Å². The number of carbonyl (C=O) groups is 1. The minimum atomic E-state index is -0.0681. The van der Waals surface area contributed by atoms with Crippen LogP contribution >= 0.6 is 23.6 Å². The zero-order valence-corrected chi connectivity index (χ0v) is 12.1. The Morgan fingerprint density at radius 1 is 1.42 bits per heavy atom. The molecule has 98 valence electrons. The SMILES string of the molecule is Cc1cccc(NC(=O)Cc2ccsc2)c1C(N)=S. The minimum Gasteiger partial charge on any atom is -0.389 e. The number of benzene rings is 1. The van der Waals surface area contributed by atoms with Crippen LogP contribution in [0, 0.1) is 6.92 Å². The summed E-state index contributed by atoms with van der Waals surface area (Å²) in [6.45, 7) is 1.92. The molecule has 2 rings (SSSR count). The normalized spacial score (nSPS) is 10.2. The van der Waals surface area contributed by atoms with Crippen LogP contribution in [0.15, 0.2) is 35.0 Å². The number of thiocarbonyl (C=S) groups is 1. The van der Waals surface area contributed by atoms with E-state index in [0.717, 1.165) is 16.7 Å². The van der Waals surface area contributed by atoms with Gasteiger partial charge in [0.05, 0.1) is 12.1 Å². The zero-order chi connectivity index (χ0) is 13.8. The van der Waals surface area contributed by atoms with E-state index in [1.165, 1.54) is 0 Å². The number of hydrogen-bond donors (Lipinski definition) is 2. The maximum Gasteiger partial charge on any atom is 0.228 e. The highest BCUT2D eigenvalue weighted by molar-refractivity contribution is 7.80. The molecule has 3 N–H and O–H groups in total. The summed E-state index contributed by atoms with van der Waals surface area (Å²) in [5.41, 5.74) is 9.08. The number of aryl methyl sites for hydroxylation is 1.